The number of pyridine rings is 1. The predicted molar refractivity (Wildman–Crippen MR) is 156 cm³/mol. The van der Waals surface area contributed by atoms with Crippen molar-refractivity contribution in [2.24, 2.45) is 17.6 Å². The summed E-state index contributed by atoms with van der Waals surface area (Å²) in [6.07, 6.45) is 6.34. The Morgan fingerprint density at radius 1 is 1.14 bits per heavy atom. The van der Waals surface area contributed by atoms with Gasteiger partial charge in [0.1, 0.15) is 11.5 Å². The number of rotatable bonds is 7. The van der Waals surface area contributed by atoms with E-state index in [1.54, 1.807) is 19.1 Å². The lowest BCUT2D eigenvalue weighted by Crippen LogP contribution is -2.57. The number of benzene rings is 1. The summed E-state index contributed by atoms with van der Waals surface area (Å²) in [7, 11) is 0. The van der Waals surface area contributed by atoms with Gasteiger partial charge in [-0.2, -0.15) is 4.73 Å². The Morgan fingerprint density at radius 3 is 2.57 bits per heavy atom. The molecule has 4 heterocycles. The van der Waals surface area contributed by atoms with Gasteiger partial charge in [0.2, 0.25) is 5.91 Å². The number of nitrogens with one attached hydrogen (secondary N) is 1. The van der Waals surface area contributed by atoms with Crippen LogP contribution in [0.1, 0.15) is 60.0 Å². The summed E-state index contributed by atoms with van der Waals surface area (Å²) in [5.41, 5.74) is 8.15. The fraction of sp³-hybridized carbons (Fsp3) is 0.452. The molecule has 222 valence electrons. The Balaban J connectivity index is 1.36. The Kier molecular flexibility index (Phi) is 7.95. The van der Waals surface area contributed by atoms with E-state index in [0.717, 1.165) is 37.8 Å². The van der Waals surface area contributed by atoms with Gasteiger partial charge in [-0.05, 0) is 49.1 Å². The Hall–Kier alpha value is -3.47. The molecular formula is C31H35ClFN5O4. The van der Waals surface area contributed by atoms with Crippen LogP contribution in [0.15, 0.2) is 42.6 Å². The highest BCUT2D eigenvalue weighted by Gasteiger charge is 2.46. The van der Waals surface area contributed by atoms with Gasteiger partial charge in [0.25, 0.3) is 5.91 Å². The molecule has 3 aromatic rings. The molecule has 2 aromatic heterocycles. The monoisotopic (exact) mass is 595 g/mol. The van der Waals surface area contributed by atoms with Gasteiger partial charge >= 0.3 is 0 Å². The van der Waals surface area contributed by atoms with Crippen LogP contribution in [0.5, 0.6) is 0 Å². The zero-order valence-electron chi connectivity index (χ0n) is 23.5. The third-order valence-corrected chi connectivity index (χ3v) is 9.51. The van der Waals surface area contributed by atoms with Crippen molar-refractivity contribution in [3.05, 3.63) is 75.7 Å². The minimum Gasteiger partial charge on any atom is -0.618 e. The van der Waals surface area contributed by atoms with Gasteiger partial charge in [-0.25, -0.2) is 4.39 Å². The summed E-state index contributed by atoms with van der Waals surface area (Å²) >= 11 is 6.33. The molecule has 1 aliphatic carbocycles. The summed E-state index contributed by atoms with van der Waals surface area (Å²) in [5.74, 6) is -1.59. The van der Waals surface area contributed by atoms with Gasteiger partial charge in [0, 0.05) is 43.0 Å². The highest BCUT2D eigenvalue weighted by Crippen LogP contribution is 2.44. The summed E-state index contributed by atoms with van der Waals surface area (Å²) in [6.45, 7) is 4.04. The van der Waals surface area contributed by atoms with Crippen molar-refractivity contribution >= 4 is 29.1 Å². The van der Waals surface area contributed by atoms with E-state index < -0.39 is 17.6 Å². The SMILES string of the molecule is Cc1c(-c2ccc(NC(=O)[C@@H](C3CCCCC3)C3c4ccc(C(N)=O)n4CCN3C3COC3)cc2F)c(Cl)cc[n+]1[O-]. The minimum absolute atomic E-state index is 0.119. The van der Waals surface area contributed by atoms with Crippen LogP contribution in [0.4, 0.5) is 10.1 Å². The maximum absolute atomic E-state index is 15.5. The van der Waals surface area contributed by atoms with Crippen LogP contribution in [0.3, 0.4) is 0 Å². The molecule has 42 heavy (non-hydrogen) atoms. The average Bonchev–Trinajstić information content (AvgIpc) is 3.38. The molecule has 1 saturated heterocycles. The number of nitrogens with two attached hydrogens (primary N) is 1. The van der Waals surface area contributed by atoms with Crippen molar-refractivity contribution in [2.75, 3.05) is 25.1 Å². The number of halogens is 2. The van der Waals surface area contributed by atoms with Crippen LogP contribution in [0.2, 0.25) is 5.02 Å². The second-order valence-electron chi connectivity index (χ2n) is 11.6. The van der Waals surface area contributed by atoms with Crippen molar-refractivity contribution < 1.29 is 23.4 Å². The topological polar surface area (TPSA) is 117 Å². The highest BCUT2D eigenvalue weighted by molar-refractivity contribution is 6.33. The molecule has 2 amide bonds. The van der Waals surface area contributed by atoms with E-state index in [1.165, 1.54) is 24.4 Å². The number of anilines is 1. The first-order valence-electron chi connectivity index (χ1n) is 14.6. The standard InChI is InChI=1S/C31H35ClFN5O4/c1-18-27(23(32)11-12-38(18)41)22-8-7-20(15-24(22)33)35-31(40)28(19-5-3-2-4-6-19)29-25-9-10-26(30(34)39)37(25)14-13-36(29)21-16-42-17-21/h7-12,15,19,21,28-29H,2-6,13-14,16-17H2,1H3,(H2,34,39)(H,35,40)/t28-,29?/m0/s1. The molecule has 2 atom stereocenters. The second-order valence-corrected chi connectivity index (χ2v) is 12.0. The molecule has 11 heteroatoms. The number of fused-ring (bicyclic) bond motifs is 1. The normalized spacial score (nSPS) is 20.5. The van der Waals surface area contributed by atoms with Gasteiger partial charge in [-0.1, -0.05) is 30.9 Å². The molecule has 0 spiro atoms. The van der Waals surface area contributed by atoms with Gasteiger partial charge in [0.15, 0.2) is 11.9 Å². The quantitative estimate of drug-likeness (QED) is 0.306. The molecule has 6 rings (SSSR count). The van der Waals surface area contributed by atoms with Gasteiger partial charge in [0.05, 0.1) is 41.8 Å². The van der Waals surface area contributed by atoms with Crippen LogP contribution in [-0.2, 0) is 16.1 Å². The number of carbonyl (C=O) groups excluding carboxylic acids is 2. The third kappa shape index (κ3) is 5.16. The van der Waals surface area contributed by atoms with E-state index in [-0.39, 0.29) is 40.2 Å². The van der Waals surface area contributed by atoms with Crippen LogP contribution >= 0.6 is 11.6 Å². The first-order chi connectivity index (χ1) is 20.2. The summed E-state index contributed by atoms with van der Waals surface area (Å²) < 4.78 is 23.6. The molecule has 0 radical (unpaired) electrons. The van der Waals surface area contributed by atoms with E-state index in [4.69, 9.17) is 22.1 Å². The summed E-state index contributed by atoms with van der Waals surface area (Å²) in [4.78, 5) is 28.9. The Morgan fingerprint density at radius 2 is 1.90 bits per heavy atom. The van der Waals surface area contributed by atoms with Crippen LogP contribution in [0, 0.1) is 29.8 Å². The molecule has 9 nitrogen and oxygen atoms in total. The summed E-state index contributed by atoms with van der Waals surface area (Å²) in [6, 6.07) is 9.44. The molecule has 0 bridgehead atoms. The van der Waals surface area contributed by atoms with Crippen molar-refractivity contribution in [2.45, 2.75) is 57.7 Å². The van der Waals surface area contributed by atoms with Crippen molar-refractivity contribution in [1.29, 1.82) is 0 Å². The minimum atomic E-state index is -0.593. The van der Waals surface area contributed by atoms with Crippen LogP contribution in [-0.4, -0.2) is 47.1 Å². The number of ether oxygens (including phenoxy) is 1. The maximum atomic E-state index is 15.5. The lowest BCUT2D eigenvalue weighted by atomic mass is 9.74. The third-order valence-electron chi connectivity index (χ3n) is 9.19. The first kappa shape index (κ1) is 28.6. The average molecular weight is 596 g/mol. The largest absolute Gasteiger partial charge is 0.618 e. The molecule has 2 fully saturated rings. The number of primary amides is 1. The van der Waals surface area contributed by atoms with Crippen molar-refractivity contribution in [3.63, 3.8) is 0 Å². The van der Waals surface area contributed by atoms with E-state index in [0.29, 0.717) is 48.0 Å². The lowest BCUT2D eigenvalue weighted by Gasteiger charge is -2.49. The lowest BCUT2D eigenvalue weighted by molar-refractivity contribution is -0.611. The molecular weight excluding hydrogens is 561 g/mol. The van der Waals surface area contributed by atoms with Crippen molar-refractivity contribution in [1.82, 2.24) is 9.47 Å². The maximum Gasteiger partial charge on any atom is 0.265 e. The predicted octanol–water partition coefficient (Wildman–Crippen LogP) is 4.58. The number of hydrogen-bond acceptors (Lipinski definition) is 5. The van der Waals surface area contributed by atoms with Gasteiger partial charge in [-0.3, -0.25) is 14.5 Å². The van der Waals surface area contributed by atoms with Crippen molar-refractivity contribution in [3.8, 4) is 11.1 Å². The van der Waals surface area contributed by atoms with E-state index >= 15 is 4.39 Å². The molecule has 1 unspecified atom stereocenters. The van der Waals surface area contributed by atoms with Gasteiger partial charge in [-0.15, -0.1) is 0 Å². The van der Waals surface area contributed by atoms with Crippen LogP contribution in [0.25, 0.3) is 11.1 Å². The zero-order chi connectivity index (χ0) is 29.5. The molecule has 3 aliphatic rings. The number of carbonyl (C=O) groups is 2. The van der Waals surface area contributed by atoms with Crippen LogP contribution < -0.4 is 15.8 Å². The smallest absolute Gasteiger partial charge is 0.265 e. The van der Waals surface area contributed by atoms with E-state index in [9.17, 15) is 14.8 Å². The fourth-order valence-corrected chi connectivity index (χ4v) is 7.30. The Bertz CT molecular complexity index is 1520. The molecule has 1 aromatic carbocycles. The first-order valence-corrected chi connectivity index (χ1v) is 14.9. The number of amides is 2. The molecule has 2 aliphatic heterocycles. The molecule has 1 saturated carbocycles. The number of hydrogen-bond donors (Lipinski definition) is 2. The fourth-order valence-electron chi connectivity index (χ4n) is 7.01. The van der Waals surface area contributed by atoms with E-state index in [2.05, 4.69) is 10.2 Å². The Labute approximate surface area is 249 Å². The zero-order valence-corrected chi connectivity index (χ0v) is 24.3. The molecule has 3 N–H and O–H groups in total. The number of nitrogens with zero attached hydrogens (tertiary/aromatic N) is 3. The number of aromatic nitrogens is 2. The van der Waals surface area contributed by atoms with E-state index in [1.807, 2.05) is 10.6 Å². The highest BCUT2D eigenvalue weighted by atomic mass is 35.5. The summed E-state index contributed by atoms with van der Waals surface area (Å²) in [5, 5.41) is 15.4. The second kappa shape index (κ2) is 11.7. The van der Waals surface area contributed by atoms with Gasteiger partial charge < -0.3 is 25.6 Å².